The van der Waals surface area contributed by atoms with Crippen LogP contribution in [0.25, 0.3) is 11.0 Å². The number of methoxy groups -OCH3 is 1. The fraction of sp³-hybridized carbons (Fsp3) is 0.440. The molecule has 6 nitrogen and oxygen atoms in total. The molecule has 0 spiro atoms. The Morgan fingerprint density at radius 1 is 1.16 bits per heavy atom. The molecule has 2 aromatic carbocycles. The molecule has 0 radical (unpaired) electrons. The van der Waals surface area contributed by atoms with Crippen molar-refractivity contribution in [3.8, 4) is 5.75 Å². The minimum Gasteiger partial charge on any atom is -0.497 e. The highest BCUT2D eigenvalue weighted by atomic mass is 16.5. The largest absolute Gasteiger partial charge is 0.497 e. The van der Waals surface area contributed by atoms with Gasteiger partial charge in [-0.15, -0.1) is 0 Å². The Labute approximate surface area is 184 Å². The average Bonchev–Trinajstić information content (AvgIpc) is 3.15. The van der Waals surface area contributed by atoms with Gasteiger partial charge in [0.15, 0.2) is 0 Å². The van der Waals surface area contributed by atoms with Gasteiger partial charge in [0, 0.05) is 26.7 Å². The van der Waals surface area contributed by atoms with Crippen LogP contribution in [0.5, 0.6) is 5.75 Å². The molecule has 6 heteroatoms. The zero-order valence-corrected chi connectivity index (χ0v) is 18.8. The number of likely N-dealkylation sites (tertiary alicyclic amines) is 1. The van der Waals surface area contributed by atoms with Gasteiger partial charge in [-0.3, -0.25) is 9.69 Å². The van der Waals surface area contributed by atoms with Crippen molar-refractivity contribution < 1.29 is 9.53 Å². The Hall–Kier alpha value is -2.86. The van der Waals surface area contributed by atoms with Gasteiger partial charge in [0.1, 0.15) is 11.6 Å². The van der Waals surface area contributed by atoms with Crippen molar-refractivity contribution in [1.82, 2.24) is 19.4 Å². The normalized spacial score (nSPS) is 17.1. The van der Waals surface area contributed by atoms with Crippen LogP contribution in [0.4, 0.5) is 0 Å². The molecule has 0 saturated carbocycles. The second kappa shape index (κ2) is 9.52. The fourth-order valence-corrected chi connectivity index (χ4v) is 4.40. The first-order valence-electron chi connectivity index (χ1n) is 11.1. The molecule has 1 fully saturated rings. The van der Waals surface area contributed by atoms with E-state index in [0.717, 1.165) is 68.2 Å². The number of aromatic nitrogens is 2. The molecule has 3 aromatic rings. The number of carbonyl (C=O) groups is 1. The van der Waals surface area contributed by atoms with E-state index in [4.69, 9.17) is 9.72 Å². The molecule has 0 aliphatic carbocycles. The summed E-state index contributed by atoms with van der Waals surface area (Å²) in [5, 5.41) is 0. The molecule has 1 saturated heterocycles. The van der Waals surface area contributed by atoms with Gasteiger partial charge in [-0.25, -0.2) is 4.98 Å². The zero-order valence-electron chi connectivity index (χ0n) is 18.8. The first-order valence-corrected chi connectivity index (χ1v) is 11.1. The molecule has 1 amide bonds. The molecule has 0 unspecified atom stereocenters. The number of hydrogen-bond donors (Lipinski definition) is 0. The second-order valence-corrected chi connectivity index (χ2v) is 8.38. The number of imidazole rings is 1. The van der Waals surface area contributed by atoms with Crippen LogP contribution in [0.15, 0.2) is 48.5 Å². The molecule has 1 aromatic heterocycles. The SMILES string of the molecule is CCN(C)C(=O)[C@@H]1CCCN(Cc2nc3ccccc3n2Cc2ccc(OC)cc2)C1. The number of carbonyl (C=O) groups excluding carboxylic acids is 1. The predicted molar refractivity (Wildman–Crippen MR) is 123 cm³/mol. The number of fused-ring (bicyclic) bond motifs is 1. The summed E-state index contributed by atoms with van der Waals surface area (Å²) < 4.78 is 7.60. The first kappa shape index (κ1) is 21.4. The fourth-order valence-electron chi connectivity index (χ4n) is 4.40. The molecule has 4 rings (SSSR count). The molecule has 164 valence electrons. The van der Waals surface area contributed by atoms with Crippen LogP contribution in [-0.4, -0.2) is 59.0 Å². The van der Waals surface area contributed by atoms with Gasteiger partial charge in [0.05, 0.1) is 30.6 Å². The lowest BCUT2D eigenvalue weighted by Gasteiger charge is -2.33. The Balaban J connectivity index is 1.57. The monoisotopic (exact) mass is 420 g/mol. The highest BCUT2D eigenvalue weighted by Gasteiger charge is 2.28. The van der Waals surface area contributed by atoms with Gasteiger partial charge >= 0.3 is 0 Å². The van der Waals surface area contributed by atoms with E-state index in [0.29, 0.717) is 0 Å². The standard InChI is InChI=1S/C25H32N4O2/c1-4-27(2)25(30)20-8-7-15-28(17-20)18-24-26-22-9-5-6-10-23(22)29(24)16-19-11-13-21(31-3)14-12-19/h5-6,9-14,20H,4,7-8,15-18H2,1-3H3/t20-/m1/s1. The Bertz CT molecular complexity index is 1030. The number of amides is 1. The summed E-state index contributed by atoms with van der Waals surface area (Å²) in [6.07, 6.45) is 2.02. The summed E-state index contributed by atoms with van der Waals surface area (Å²) in [5.74, 6) is 2.26. The third-order valence-electron chi connectivity index (χ3n) is 6.30. The van der Waals surface area contributed by atoms with Crippen LogP contribution < -0.4 is 4.74 Å². The average molecular weight is 421 g/mol. The lowest BCUT2D eigenvalue weighted by Crippen LogP contribution is -2.43. The number of piperidine rings is 1. The van der Waals surface area contributed by atoms with Crippen LogP contribution >= 0.6 is 0 Å². The van der Waals surface area contributed by atoms with E-state index in [1.807, 2.05) is 37.1 Å². The number of rotatable bonds is 7. The summed E-state index contributed by atoms with van der Waals surface area (Å²) in [7, 11) is 3.58. The third-order valence-corrected chi connectivity index (χ3v) is 6.30. The first-order chi connectivity index (χ1) is 15.1. The summed E-state index contributed by atoms with van der Waals surface area (Å²) in [4.78, 5) is 21.9. The van der Waals surface area contributed by atoms with Crippen molar-refractivity contribution in [2.75, 3.05) is 33.8 Å². The maximum absolute atomic E-state index is 12.7. The van der Waals surface area contributed by atoms with Crippen molar-refractivity contribution in [2.24, 2.45) is 5.92 Å². The Morgan fingerprint density at radius 2 is 1.94 bits per heavy atom. The van der Waals surface area contributed by atoms with Gasteiger partial charge in [0.2, 0.25) is 5.91 Å². The highest BCUT2D eigenvalue weighted by molar-refractivity contribution is 5.79. The number of ether oxygens (including phenoxy) is 1. The zero-order chi connectivity index (χ0) is 21.8. The molecule has 1 atom stereocenters. The van der Waals surface area contributed by atoms with Crippen molar-refractivity contribution in [2.45, 2.75) is 32.9 Å². The summed E-state index contributed by atoms with van der Waals surface area (Å²) in [5.41, 5.74) is 3.37. The number of para-hydroxylation sites is 2. The smallest absolute Gasteiger partial charge is 0.226 e. The molecule has 31 heavy (non-hydrogen) atoms. The maximum atomic E-state index is 12.7. The Kier molecular flexibility index (Phi) is 6.56. The maximum Gasteiger partial charge on any atom is 0.226 e. The van der Waals surface area contributed by atoms with E-state index in [1.165, 1.54) is 5.56 Å². The number of hydrogen-bond acceptors (Lipinski definition) is 4. The van der Waals surface area contributed by atoms with E-state index in [-0.39, 0.29) is 11.8 Å². The summed E-state index contributed by atoms with van der Waals surface area (Å²) >= 11 is 0. The molecule has 1 aliphatic heterocycles. The van der Waals surface area contributed by atoms with Gasteiger partial charge < -0.3 is 14.2 Å². The number of nitrogens with zero attached hydrogens (tertiary/aromatic N) is 4. The van der Waals surface area contributed by atoms with Gasteiger partial charge in [-0.1, -0.05) is 24.3 Å². The molecular formula is C25H32N4O2. The van der Waals surface area contributed by atoms with Crippen molar-refractivity contribution >= 4 is 16.9 Å². The third kappa shape index (κ3) is 4.74. The summed E-state index contributed by atoms with van der Waals surface area (Å²) in [6.45, 7) is 6.10. The number of benzene rings is 2. The minimum absolute atomic E-state index is 0.0816. The topological polar surface area (TPSA) is 50.6 Å². The minimum atomic E-state index is 0.0816. The van der Waals surface area contributed by atoms with Gasteiger partial charge in [0.25, 0.3) is 0 Å². The molecule has 1 aliphatic rings. The lowest BCUT2D eigenvalue weighted by molar-refractivity contribution is -0.135. The predicted octanol–water partition coefficient (Wildman–Crippen LogP) is 3.78. The van der Waals surface area contributed by atoms with Crippen molar-refractivity contribution in [3.63, 3.8) is 0 Å². The quantitative estimate of drug-likeness (QED) is 0.584. The van der Waals surface area contributed by atoms with Crippen molar-refractivity contribution in [1.29, 1.82) is 0 Å². The van der Waals surface area contributed by atoms with Gasteiger partial charge in [-0.05, 0) is 56.1 Å². The molecule has 0 N–H and O–H groups in total. The van der Waals surface area contributed by atoms with Gasteiger partial charge in [-0.2, -0.15) is 0 Å². The van der Waals surface area contributed by atoms with E-state index < -0.39 is 0 Å². The van der Waals surface area contributed by atoms with E-state index >= 15 is 0 Å². The van der Waals surface area contributed by atoms with E-state index in [9.17, 15) is 4.79 Å². The lowest BCUT2D eigenvalue weighted by atomic mass is 9.96. The van der Waals surface area contributed by atoms with Crippen LogP contribution in [0.1, 0.15) is 31.2 Å². The molecule has 0 bridgehead atoms. The summed E-state index contributed by atoms with van der Waals surface area (Å²) in [6, 6.07) is 16.5. The molecular weight excluding hydrogens is 388 g/mol. The molecule has 2 heterocycles. The highest BCUT2D eigenvalue weighted by Crippen LogP contribution is 2.24. The van der Waals surface area contributed by atoms with Crippen molar-refractivity contribution in [3.05, 3.63) is 59.9 Å². The van der Waals surface area contributed by atoms with Crippen LogP contribution in [0.3, 0.4) is 0 Å². The second-order valence-electron chi connectivity index (χ2n) is 8.38. The van der Waals surface area contributed by atoms with Crippen LogP contribution in [0.2, 0.25) is 0 Å². The van der Waals surface area contributed by atoms with Crippen LogP contribution in [-0.2, 0) is 17.9 Å². The Morgan fingerprint density at radius 3 is 2.68 bits per heavy atom. The van der Waals surface area contributed by atoms with Crippen LogP contribution in [0, 0.1) is 5.92 Å². The van der Waals surface area contributed by atoms with E-state index in [1.54, 1.807) is 7.11 Å². The van der Waals surface area contributed by atoms with E-state index in [2.05, 4.69) is 39.8 Å².